The van der Waals surface area contributed by atoms with Gasteiger partial charge in [-0.2, -0.15) is 0 Å². The van der Waals surface area contributed by atoms with Gasteiger partial charge in [0.25, 0.3) is 0 Å². The Kier molecular flexibility index (Phi) is 3.38. The maximum atomic E-state index is 6.11. The maximum Gasteiger partial charge on any atom is 0.0440 e. The van der Waals surface area contributed by atoms with Gasteiger partial charge in [0, 0.05) is 5.02 Å². The fourth-order valence-electron chi connectivity index (χ4n) is 1.63. The van der Waals surface area contributed by atoms with Crippen LogP contribution >= 0.6 is 11.6 Å². The van der Waals surface area contributed by atoms with Crippen molar-refractivity contribution >= 4 is 11.6 Å². The van der Waals surface area contributed by atoms with Crippen molar-refractivity contribution in [2.75, 3.05) is 0 Å². The number of aryl methyl sites for hydroxylation is 2. The number of rotatable bonds is 2. The van der Waals surface area contributed by atoms with Crippen molar-refractivity contribution in [3.05, 3.63) is 33.8 Å². The topological polar surface area (TPSA) is 0 Å². The fourth-order valence-corrected chi connectivity index (χ4v) is 1.98. The highest BCUT2D eigenvalue weighted by atomic mass is 35.5. The van der Waals surface area contributed by atoms with Gasteiger partial charge in [-0.05, 0) is 42.0 Å². The van der Waals surface area contributed by atoms with Crippen LogP contribution in [-0.2, 0) is 6.42 Å². The van der Waals surface area contributed by atoms with Gasteiger partial charge in [0.1, 0.15) is 0 Å². The minimum absolute atomic E-state index is 0.586. The molecule has 0 amide bonds. The van der Waals surface area contributed by atoms with E-state index in [0.717, 1.165) is 11.4 Å². The lowest BCUT2D eigenvalue weighted by atomic mass is 9.95. The summed E-state index contributed by atoms with van der Waals surface area (Å²) in [7, 11) is 0. The summed E-state index contributed by atoms with van der Waals surface area (Å²) < 4.78 is 0. The minimum Gasteiger partial charge on any atom is -0.0840 e. The Hall–Kier alpha value is -0.490. The van der Waals surface area contributed by atoms with E-state index in [1.807, 2.05) is 0 Å². The van der Waals surface area contributed by atoms with E-state index >= 15 is 0 Å². The third-order valence-corrected chi connectivity index (χ3v) is 2.79. The molecule has 0 fully saturated rings. The monoisotopic (exact) mass is 196 g/mol. The molecule has 0 nitrogen and oxygen atoms in total. The molecule has 0 spiro atoms. The summed E-state index contributed by atoms with van der Waals surface area (Å²) in [6.07, 6.45) is 1.01. The number of hydrogen-bond acceptors (Lipinski definition) is 0. The summed E-state index contributed by atoms with van der Waals surface area (Å²) in [6.45, 7) is 8.70. The van der Waals surface area contributed by atoms with E-state index in [2.05, 4.69) is 39.8 Å². The van der Waals surface area contributed by atoms with Crippen LogP contribution in [0.5, 0.6) is 0 Å². The molecule has 1 aromatic carbocycles. The van der Waals surface area contributed by atoms with Gasteiger partial charge in [0.15, 0.2) is 0 Å². The third-order valence-electron chi connectivity index (χ3n) is 2.44. The van der Waals surface area contributed by atoms with E-state index in [4.69, 9.17) is 11.6 Å². The molecular weight excluding hydrogens is 180 g/mol. The maximum absolute atomic E-state index is 6.11. The zero-order valence-corrected chi connectivity index (χ0v) is 9.57. The number of halogens is 1. The zero-order valence-electron chi connectivity index (χ0n) is 8.82. The van der Waals surface area contributed by atoms with Crippen LogP contribution in [-0.4, -0.2) is 0 Å². The molecule has 1 rings (SSSR count). The smallest absolute Gasteiger partial charge is 0.0440 e. The largest absolute Gasteiger partial charge is 0.0840 e. The fraction of sp³-hybridized carbons (Fsp3) is 0.500. The van der Waals surface area contributed by atoms with Gasteiger partial charge in [0.2, 0.25) is 0 Å². The van der Waals surface area contributed by atoms with E-state index in [0.29, 0.717) is 5.92 Å². The molecule has 0 heterocycles. The second-order valence-electron chi connectivity index (χ2n) is 3.81. The van der Waals surface area contributed by atoms with Gasteiger partial charge in [-0.1, -0.05) is 38.4 Å². The molecule has 0 aliphatic carbocycles. The molecule has 0 bridgehead atoms. The first-order chi connectivity index (χ1) is 6.06. The van der Waals surface area contributed by atoms with Gasteiger partial charge >= 0.3 is 0 Å². The van der Waals surface area contributed by atoms with Crippen LogP contribution in [0.15, 0.2) is 12.1 Å². The summed E-state index contributed by atoms with van der Waals surface area (Å²) in [6, 6.07) is 4.32. The highest BCUT2D eigenvalue weighted by Crippen LogP contribution is 2.26. The molecule has 0 atom stereocenters. The van der Waals surface area contributed by atoms with E-state index in [-0.39, 0.29) is 0 Å². The Morgan fingerprint density at radius 2 is 1.92 bits per heavy atom. The van der Waals surface area contributed by atoms with Crippen molar-refractivity contribution in [3.63, 3.8) is 0 Å². The van der Waals surface area contributed by atoms with Crippen LogP contribution in [0.3, 0.4) is 0 Å². The summed E-state index contributed by atoms with van der Waals surface area (Å²) in [4.78, 5) is 0. The van der Waals surface area contributed by atoms with Crippen molar-refractivity contribution in [2.45, 2.75) is 40.0 Å². The lowest BCUT2D eigenvalue weighted by molar-refractivity contribution is 0.852. The Balaban J connectivity index is 3.22. The van der Waals surface area contributed by atoms with Crippen LogP contribution in [0, 0.1) is 6.92 Å². The molecule has 0 radical (unpaired) electrons. The van der Waals surface area contributed by atoms with Crippen LogP contribution in [0.4, 0.5) is 0 Å². The molecule has 0 aliphatic rings. The highest BCUT2D eigenvalue weighted by Gasteiger charge is 2.07. The van der Waals surface area contributed by atoms with Crippen LogP contribution < -0.4 is 0 Å². The summed E-state index contributed by atoms with van der Waals surface area (Å²) >= 11 is 6.11. The molecule has 0 saturated carbocycles. The Bertz CT molecular complexity index is 300. The quantitative estimate of drug-likeness (QED) is 0.661. The van der Waals surface area contributed by atoms with Crippen LogP contribution in [0.1, 0.15) is 43.4 Å². The van der Waals surface area contributed by atoms with E-state index in [9.17, 15) is 0 Å². The van der Waals surface area contributed by atoms with Crippen molar-refractivity contribution in [3.8, 4) is 0 Å². The van der Waals surface area contributed by atoms with E-state index in [1.165, 1.54) is 16.7 Å². The van der Waals surface area contributed by atoms with E-state index in [1.54, 1.807) is 0 Å². The second-order valence-corrected chi connectivity index (χ2v) is 4.22. The highest BCUT2D eigenvalue weighted by molar-refractivity contribution is 6.31. The van der Waals surface area contributed by atoms with E-state index < -0.39 is 0 Å². The minimum atomic E-state index is 0.586. The second kappa shape index (κ2) is 4.15. The van der Waals surface area contributed by atoms with Gasteiger partial charge in [-0.25, -0.2) is 0 Å². The molecule has 0 N–H and O–H groups in total. The first kappa shape index (κ1) is 10.6. The standard InChI is InChI=1S/C12H17Cl/c1-5-10-7-11(8(2)3)9(4)6-12(10)13/h6-8H,5H2,1-4H3. The molecule has 0 aromatic heterocycles. The first-order valence-corrected chi connectivity index (χ1v) is 5.23. The van der Waals surface area contributed by atoms with Crippen molar-refractivity contribution in [1.29, 1.82) is 0 Å². The summed E-state index contributed by atoms with van der Waals surface area (Å²) in [5.74, 6) is 0.586. The molecule has 1 heteroatoms. The first-order valence-electron chi connectivity index (χ1n) is 4.85. The molecule has 13 heavy (non-hydrogen) atoms. The molecular formula is C12H17Cl. The Labute approximate surface area is 85.9 Å². The average Bonchev–Trinajstić information content (AvgIpc) is 2.03. The molecule has 0 aliphatic heterocycles. The van der Waals surface area contributed by atoms with Gasteiger partial charge < -0.3 is 0 Å². The SMILES string of the molecule is CCc1cc(C(C)C)c(C)cc1Cl. The molecule has 0 saturated heterocycles. The normalized spacial score (nSPS) is 10.9. The van der Waals surface area contributed by atoms with Crippen molar-refractivity contribution in [2.24, 2.45) is 0 Å². The van der Waals surface area contributed by atoms with Crippen LogP contribution in [0.2, 0.25) is 5.02 Å². The number of hydrogen-bond donors (Lipinski definition) is 0. The lowest BCUT2D eigenvalue weighted by Crippen LogP contribution is -1.95. The molecule has 0 unspecified atom stereocenters. The Morgan fingerprint density at radius 3 is 2.38 bits per heavy atom. The van der Waals surface area contributed by atoms with Crippen molar-refractivity contribution in [1.82, 2.24) is 0 Å². The van der Waals surface area contributed by atoms with Crippen LogP contribution in [0.25, 0.3) is 0 Å². The lowest BCUT2D eigenvalue weighted by Gasteiger charge is -2.12. The molecule has 1 aromatic rings. The van der Waals surface area contributed by atoms with Gasteiger partial charge in [0.05, 0.1) is 0 Å². The Morgan fingerprint density at radius 1 is 1.31 bits per heavy atom. The summed E-state index contributed by atoms with van der Waals surface area (Å²) in [5.41, 5.74) is 3.98. The van der Waals surface area contributed by atoms with Crippen molar-refractivity contribution < 1.29 is 0 Å². The summed E-state index contributed by atoms with van der Waals surface area (Å²) in [5, 5.41) is 0.907. The van der Waals surface area contributed by atoms with Gasteiger partial charge in [-0.3, -0.25) is 0 Å². The predicted octanol–water partition coefficient (Wildman–Crippen LogP) is 4.33. The zero-order chi connectivity index (χ0) is 10.0. The van der Waals surface area contributed by atoms with Gasteiger partial charge in [-0.15, -0.1) is 0 Å². The number of benzene rings is 1. The predicted molar refractivity (Wildman–Crippen MR) is 59.7 cm³/mol. The third kappa shape index (κ3) is 2.25. The molecule has 72 valence electrons. The average molecular weight is 197 g/mol.